The zero-order valence-corrected chi connectivity index (χ0v) is 11.6. The van der Waals surface area contributed by atoms with Crippen LogP contribution in [0.25, 0.3) is 10.6 Å². The molecule has 0 atom stereocenters. The van der Waals surface area contributed by atoms with Crippen LogP contribution < -0.4 is 11.6 Å². The van der Waals surface area contributed by atoms with Crippen LogP contribution in [-0.2, 0) is 5.75 Å². The molecule has 2 rings (SSSR count). The number of nitrogens with zero attached hydrogens (tertiary/aromatic N) is 2. The van der Waals surface area contributed by atoms with Gasteiger partial charge in [0.15, 0.2) is 5.17 Å². The van der Waals surface area contributed by atoms with Crippen molar-refractivity contribution in [2.24, 2.45) is 16.7 Å². The Morgan fingerprint density at radius 2 is 2.11 bits per heavy atom. The van der Waals surface area contributed by atoms with E-state index in [1.54, 1.807) is 11.3 Å². The second-order valence-electron chi connectivity index (χ2n) is 3.77. The summed E-state index contributed by atoms with van der Waals surface area (Å²) in [5.74, 6) is 5.76. The summed E-state index contributed by atoms with van der Waals surface area (Å²) in [6.07, 6.45) is 0. The van der Waals surface area contributed by atoms with Crippen molar-refractivity contribution in [2.45, 2.75) is 12.7 Å². The number of hydrogen-bond acceptors (Lipinski definition) is 5. The summed E-state index contributed by atoms with van der Waals surface area (Å²) in [4.78, 5) is 4.56. The molecule has 2 aromatic rings. The quantitative estimate of drug-likeness (QED) is 0.391. The zero-order chi connectivity index (χ0) is 13.0. The minimum atomic E-state index is 0.375. The van der Waals surface area contributed by atoms with Gasteiger partial charge in [0.1, 0.15) is 5.01 Å². The number of hydrogen-bond donors (Lipinski definition) is 2. The van der Waals surface area contributed by atoms with E-state index in [0.717, 1.165) is 16.3 Å². The first-order valence-corrected chi connectivity index (χ1v) is 7.23. The van der Waals surface area contributed by atoms with Crippen LogP contribution in [0.5, 0.6) is 0 Å². The van der Waals surface area contributed by atoms with Crippen LogP contribution in [0.3, 0.4) is 0 Å². The molecular weight excluding hydrogens is 264 g/mol. The summed E-state index contributed by atoms with van der Waals surface area (Å²) in [6.45, 7) is 2.07. The minimum Gasteiger partial charge on any atom is -0.377 e. The van der Waals surface area contributed by atoms with E-state index in [4.69, 9.17) is 11.6 Å². The topological polar surface area (TPSA) is 77.3 Å². The van der Waals surface area contributed by atoms with Gasteiger partial charge in [-0.2, -0.15) is 5.10 Å². The second kappa shape index (κ2) is 5.88. The summed E-state index contributed by atoms with van der Waals surface area (Å²) in [6, 6.07) is 8.34. The Labute approximate surface area is 114 Å². The van der Waals surface area contributed by atoms with Gasteiger partial charge in [-0.15, -0.1) is 11.3 Å². The fourth-order valence-electron chi connectivity index (χ4n) is 1.39. The Morgan fingerprint density at radius 3 is 2.78 bits per heavy atom. The van der Waals surface area contributed by atoms with Crippen LogP contribution in [0.4, 0.5) is 0 Å². The Bertz CT molecular complexity index is 545. The van der Waals surface area contributed by atoms with Gasteiger partial charge < -0.3 is 11.6 Å². The predicted octanol–water partition coefficient (Wildman–Crippen LogP) is 2.54. The van der Waals surface area contributed by atoms with Crippen LogP contribution >= 0.6 is 23.1 Å². The van der Waals surface area contributed by atoms with Gasteiger partial charge in [0.2, 0.25) is 0 Å². The molecule has 94 valence electrons. The number of thiazole rings is 1. The number of thioether (sulfide) groups is 1. The predicted molar refractivity (Wildman–Crippen MR) is 79.4 cm³/mol. The number of nitrogens with two attached hydrogens (primary N) is 2. The number of rotatable bonds is 3. The first-order chi connectivity index (χ1) is 8.69. The van der Waals surface area contributed by atoms with Gasteiger partial charge in [0.25, 0.3) is 0 Å². The van der Waals surface area contributed by atoms with E-state index < -0.39 is 0 Å². The van der Waals surface area contributed by atoms with Crippen molar-refractivity contribution in [2.75, 3.05) is 0 Å². The highest BCUT2D eigenvalue weighted by Crippen LogP contribution is 2.25. The first-order valence-electron chi connectivity index (χ1n) is 5.36. The lowest BCUT2D eigenvalue weighted by Gasteiger charge is -1.97. The Balaban J connectivity index is 2.08. The molecule has 0 fully saturated rings. The molecule has 0 amide bonds. The monoisotopic (exact) mass is 278 g/mol. The molecule has 1 aromatic carbocycles. The second-order valence-corrected chi connectivity index (χ2v) is 5.62. The molecule has 0 saturated carbocycles. The number of amidine groups is 1. The smallest absolute Gasteiger partial charge is 0.177 e. The third-order valence-electron chi connectivity index (χ3n) is 2.35. The van der Waals surface area contributed by atoms with Crippen LogP contribution in [-0.4, -0.2) is 10.2 Å². The van der Waals surface area contributed by atoms with E-state index in [2.05, 4.69) is 41.3 Å². The third kappa shape index (κ3) is 3.24. The summed E-state index contributed by atoms with van der Waals surface area (Å²) in [7, 11) is 0. The van der Waals surface area contributed by atoms with E-state index in [-0.39, 0.29) is 0 Å². The molecule has 0 aliphatic carbocycles. The zero-order valence-electron chi connectivity index (χ0n) is 9.96. The van der Waals surface area contributed by atoms with Crippen molar-refractivity contribution in [3.8, 4) is 10.6 Å². The lowest BCUT2D eigenvalue weighted by Crippen LogP contribution is -2.09. The van der Waals surface area contributed by atoms with Gasteiger partial charge in [-0.05, 0) is 6.92 Å². The number of benzene rings is 1. The number of hydrazone groups is 1. The van der Waals surface area contributed by atoms with Gasteiger partial charge in [-0.25, -0.2) is 4.98 Å². The summed E-state index contributed by atoms with van der Waals surface area (Å²) in [5, 5.41) is 6.84. The molecular formula is C12H14N4S2. The molecule has 18 heavy (non-hydrogen) atoms. The largest absolute Gasteiger partial charge is 0.377 e. The minimum absolute atomic E-state index is 0.375. The Kier molecular flexibility index (Phi) is 4.22. The summed E-state index contributed by atoms with van der Waals surface area (Å²) < 4.78 is 0. The van der Waals surface area contributed by atoms with Gasteiger partial charge in [0.05, 0.1) is 5.69 Å². The maximum atomic E-state index is 5.52. The van der Waals surface area contributed by atoms with E-state index in [1.807, 2.05) is 5.38 Å². The molecule has 0 unspecified atom stereocenters. The molecule has 1 heterocycles. The van der Waals surface area contributed by atoms with Crippen LogP contribution in [0.1, 0.15) is 11.3 Å². The lowest BCUT2D eigenvalue weighted by molar-refractivity contribution is 1.23. The van der Waals surface area contributed by atoms with Crippen LogP contribution in [0.15, 0.2) is 34.7 Å². The van der Waals surface area contributed by atoms with E-state index >= 15 is 0 Å². The highest BCUT2D eigenvalue weighted by Gasteiger charge is 2.05. The first kappa shape index (κ1) is 12.9. The highest BCUT2D eigenvalue weighted by atomic mass is 32.2. The van der Waals surface area contributed by atoms with Crippen molar-refractivity contribution in [1.29, 1.82) is 0 Å². The molecule has 0 saturated heterocycles. The molecule has 6 heteroatoms. The normalized spacial score (nSPS) is 11.7. The van der Waals surface area contributed by atoms with Crippen molar-refractivity contribution in [3.63, 3.8) is 0 Å². The average molecular weight is 278 g/mol. The van der Waals surface area contributed by atoms with E-state index in [9.17, 15) is 0 Å². The SMILES string of the molecule is Cc1ccc(-c2nc(CSC(N)=NN)cs2)cc1. The average Bonchev–Trinajstić information content (AvgIpc) is 2.85. The van der Waals surface area contributed by atoms with E-state index in [0.29, 0.717) is 10.9 Å². The van der Waals surface area contributed by atoms with Crippen LogP contribution in [0.2, 0.25) is 0 Å². The van der Waals surface area contributed by atoms with Crippen molar-refractivity contribution in [1.82, 2.24) is 4.98 Å². The molecule has 0 spiro atoms. The highest BCUT2D eigenvalue weighted by molar-refractivity contribution is 8.13. The maximum Gasteiger partial charge on any atom is 0.177 e. The molecule has 1 aromatic heterocycles. The Hall–Kier alpha value is -1.53. The van der Waals surface area contributed by atoms with E-state index in [1.165, 1.54) is 17.3 Å². The Morgan fingerprint density at radius 1 is 1.39 bits per heavy atom. The van der Waals surface area contributed by atoms with Gasteiger partial charge in [-0.3, -0.25) is 0 Å². The summed E-state index contributed by atoms with van der Waals surface area (Å²) in [5.41, 5.74) is 8.90. The van der Waals surface area contributed by atoms with Crippen molar-refractivity contribution < 1.29 is 0 Å². The molecule has 0 radical (unpaired) electrons. The molecule has 0 bridgehead atoms. The molecule has 4 nitrogen and oxygen atoms in total. The fourth-order valence-corrected chi connectivity index (χ4v) is 2.84. The van der Waals surface area contributed by atoms with Gasteiger partial charge in [0, 0.05) is 16.7 Å². The fraction of sp³-hybridized carbons (Fsp3) is 0.167. The van der Waals surface area contributed by atoms with Gasteiger partial charge in [-0.1, -0.05) is 41.6 Å². The van der Waals surface area contributed by atoms with Crippen molar-refractivity contribution >= 4 is 28.3 Å². The van der Waals surface area contributed by atoms with Gasteiger partial charge >= 0.3 is 0 Å². The standard InChI is InChI=1S/C12H14N4S2/c1-8-2-4-9(5-3-8)11-15-10(6-17-11)7-18-12(13)16-14/h2-6H,7,14H2,1H3,(H2,13,16). The third-order valence-corrected chi connectivity index (χ3v) is 4.13. The number of aromatic nitrogens is 1. The molecule has 4 N–H and O–H groups in total. The van der Waals surface area contributed by atoms with Crippen molar-refractivity contribution in [3.05, 3.63) is 40.9 Å². The summed E-state index contributed by atoms with van der Waals surface area (Å²) >= 11 is 3.02. The molecule has 0 aliphatic heterocycles. The number of aryl methyl sites for hydroxylation is 1. The lowest BCUT2D eigenvalue weighted by atomic mass is 10.2. The maximum absolute atomic E-state index is 5.52. The molecule has 0 aliphatic rings. The van der Waals surface area contributed by atoms with Crippen LogP contribution in [0, 0.1) is 6.92 Å².